The summed E-state index contributed by atoms with van der Waals surface area (Å²) in [6.45, 7) is 0.552. The Morgan fingerprint density at radius 2 is 1.79 bits per heavy atom. The van der Waals surface area contributed by atoms with E-state index in [9.17, 15) is 0 Å². The van der Waals surface area contributed by atoms with Crippen molar-refractivity contribution in [3.63, 3.8) is 0 Å². The molecular weight excluding hydrogens is 404 g/mol. The van der Waals surface area contributed by atoms with E-state index in [0.717, 1.165) is 21.7 Å². The van der Waals surface area contributed by atoms with Crippen molar-refractivity contribution in [1.82, 2.24) is 9.71 Å². The largest absolute Gasteiger partial charge is 0.454 e. The average Bonchev–Trinajstić information content (AvgIpc) is 3.23. The van der Waals surface area contributed by atoms with Crippen molar-refractivity contribution >= 4 is 46.1 Å². The van der Waals surface area contributed by atoms with Crippen molar-refractivity contribution < 1.29 is 4.74 Å². The summed E-state index contributed by atoms with van der Waals surface area (Å²) >= 11 is 7.75. The third-order valence-corrected chi connectivity index (χ3v) is 5.79. The lowest BCUT2D eigenvalue weighted by Gasteiger charge is -2.23. The minimum absolute atomic E-state index is 0.552. The van der Waals surface area contributed by atoms with Gasteiger partial charge in [0.15, 0.2) is 5.75 Å². The van der Waals surface area contributed by atoms with Crippen molar-refractivity contribution in [1.29, 1.82) is 0 Å². The van der Waals surface area contributed by atoms with Crippen LogP contribution in [0.4, 0.5) is 5.69 Å². The van der Waals surface area contributed by atoms with Gasteiger partial charge >= 0.3 is 0 Å². The molecule has 0 unspecified atom stereocenters. The number of hydrogen-bond acceptors (Lipinski definition) is 3. The minimum Gasteiger partial charge on any atom is -0.454 e. The molecule has 0 amide bonds. The first-order chi connectivity index (χ1) is 14.3. The number of halogens is 1. The molecule has 29 heavy (non-hydrogen) atoms. The van der Waals surface area contributed by atoms with E-state index in [1.807, 2.05) is 54.7 Å². The maximum atomic E-state index is 6.25. The van der Waals surface area contributed by atoms with Crippen molar-refractivity contribution in [3.05, 3.63) is 83.5 Å². The monoisotopic (exact) mass is 420 g/mol. The predicted octanol–water partition coefficient (Wildman–Crippen LogP) is 6.19. The second kappa shape index (κ2) is 7.73. The Morgan fingerprint density at radius 1 is 0.931 bits per heavy atom. The molecular formula is C22H17ClN4OS. The van der Waals surface area contributed by atoms with Gasteiger partial charge in [-0.1, -0.05) is 48.0 Å². The second-order valence-corrected chi connectivity index (χ2v) is 7.77. The molecule has 1 aromatic heterocycles. The molecule has 1 aliphatic rings. The smallest absolute Gasteiger partial charge is 0.206 e. The van der Waals surface area contributed by atoms with Crippen LogP contribution in [-0.2, 0) is 6.54 Å². The van der Waals surface area contributed by atoms with Gasteiger partial charge in [0.25, 0.3) is 0 Å². The van der Waals surface area contributed by atoms with Gasteiger partial charge in [-0.3, -0.25) is 4.72 Å². The Morgan fingerprint density at radius 3 is 2.72 bits per heavy atom. The molecule has 0 bridgehead atoms. The summed E-state index contributed by atoms with van der Waals surface area (Å²) in [4.78, 5) is 9.03. The second-order valence-electron chi connectivity index (χ2n) is 6.51. The van der Waals surface area contributed by atoms with Gasteiger partial charge in [0, 0.05) is 6.20 Å². The van der Waals surface area contributed by atoms with E-state index in [1.54, 1.807) is 0 Å². The van der Waals surface area contributed by atoms with Crippen LogP contribution in [0.15, 0.2) is 82.8 Å². The van der Waals surface area contributed by atoms with Gasteiger partial charge in [0.2, 0.25) is 5.96 Å². The number of aromatic amines is 1. The molecule has 0 atom stereocenters. The SMILES string of the molecule is Clc1ccccc1Oc1cccc2c1NC(=NCc1cccc3cc[nH]c13)NS2. The van der Waals surface area contributed by atoms with E-state index in [0.29, 0.717) is 29.0 Å². The molecule has 7 heteroatoms. The van der Waals surface area contributed by atoms with Crippen LogP contribution >= 0.6 is 23.5 Å². The number of rotatable bonds is 4. The predicted molar refractivity (Wildman–Crippen MR) is 120 cm³/mol. The Hall–Kier alpha value is -3.09. The molecule has 3 aromatic carbocycles. The molecule has 0 saturated heterocycles. The highest BCUT2D eigenvalue weighted by Crippen LogP contribution is 2.40. The zero-order valence-electron chi connectivity index (χ0n) is 15.3. The zero-order valence-corrected chi connectivity index (χ0v) is 16.8. The van der Waals surface area contributed by atoms with Crippen LogP contribution in [0.2, 0.25) is 5.02 Å². The molecule has 5 nitrogen and oxygen atoms in total. The Balaban J connectivity index is 1.41. The molecule has 0 aliphatic carbocycles. The van der Waals surface area contributed by atoms with Gasteiger partial charge in [0.1, 0.15) is 5.75 Å². The normalized spacial score (nSPS) is 14.3. The maximum Gasteiger partial charge on any atom is 0.206 e. The fourth-order valence-electron chi connectivity index (χ4n) is 3.21. The molecule has 5 rings (SSSR count). The number of aliphatic imine (C=N–C) groups is 1. The summed E-state index contributed by atoms with van der Waals surface area (Å²) < 4.78 is 9.32. The van der Waals surface area contributed by atoms with Gasteiger partial charge in [-0.15, -0.1) is 0 Å². The zero-order chi connectivity index (χ0) is 19.6. The standard InChI is InChI=1S/C22H17ClN4OS/c23-16-7-1-2-8-17(16)28-18-9-4-10-19-21(18)26-22(27-29-19)25-13-15-6-3-5-14-11-12-24-20(14)15/h1-12,24H,13H2,(H2,25,26,27). The number of anilines is 1. The molecule has 2 heterocycles. The number of guanidine groups is 1. The number of benzene rings is 3. The Labute approximate surface area is 177 Å². The van der Waals surface area contributed by atoms with Crippen molar-refractivity contribution in [2.45, 2.75) is 11.4 Å². The van der Waals surface area contributed by atoms with Crippen LogP contribution in [0.1, 0.15) is 5.56 Å². The summed E-state index contributed by atoms with van der Waals surface area (Å²) in [5.74, 6) is 2.00. The lowest BCUT2D eigenvalue weighted by Crippen LogP contribution is -2.29. The molecule has 0 spiro atoms. The number of hydrogen-bond donors (Lipinski definition) is 3. The van der Waals surface area contributed by atoms with Crippen molar-refractivity contribution in [2.75, 3.05) is 5.32 Å². The molecule has 144 valence electrons. The highest BCUT2D eigenvalue weighted by Gasteiger charge is 2.19. The molecule has 3 N–H and O–H groups in total. The van der Waals surface area contributed by atoms with Crippen LogP contribution in [0.3, 0.4) is 0 Å². The highest BCUT2D eigenvalue weighted by atomic mass is 35.5. The van der Waals surface area contributed by atoms with Crippen LogP contribution in [0, 0.1) is 0 Å². The highest BCUT2D eigenvalue weighted by molar-refractivity contribution is 7.98. The van der Waals surface area contributed by atoms with Gasteiger partial charge in [0.05, 0.1) is 27.7 Å². The van der Waals surface area contributed by atoms with E-state index >= 15 is 0 Å². The van der Waals surface area contributed by atoms with E-state index in [1.165, 1.54) is 17.3 Å². The average molecular weight is 421 g/mol. The summed E-state index contributed by atoms with van der Waals surface area (Å²) in [5.41, 5.74) is 3.12. The Kier molecular flexibility index (Phi) is 4.79. The first-order valence-electron chi connectivity index (χ1n) is 9.12. The lowest BCUT2D eigenvalue weighted by molar-refractivity contribution is 0.484. The number of para-hydroxylation sites is 3. The number of nitrogens with one attached hydrogen (secondary N) is 3. The minimum atomic E-state index is 0.552. The fourth-order valence-corrected chi connectivity index (χ4v) is 4.11. The first kappa shape index (κ1) is 18.0. The number of nitrogens with zero attached hydrogens (tertiary/aromatic N) is 1. The van der Waals surface area contributed by atoms with E-state index in [4.69, 9.17) is 21.3 Å². The maximum absolute atomic E-state index is 6.25. The summed E-state index contributed by atoms with van der Waals surface area (Å²) in [6.07, 6.45) is 1.95. The fraction of sp³-hybridized carbons (Fsp3) is 0.0455. The summed E-state index contributed by atoms with van der Waals surface area (Å²) in [5, 5.41) is 5.11. The third kappa shape index (κ3) is 3.64. The number of H-pyrrole nitrogens is 1. The quantitative estimate of drug-likeness (QED) is 0.344. The van der Waals surface area contributed by atoms with Crippen LogP contribution in [0.25, 0.3) is 10.9 Å². The van der Waals surface area contributed by atoms with Crippen molar-refractivity contribution in [2.24, 2.45) is 4.99 Å². The molecule has 4 aromatic rings. The van der Waals surface area contributed by atoms with E-state index in [2.05, 4.69) is 33.2 Å². The lowest BCUT2D eigenvalue weighted by atomic mass is 10.1. The number of ether oxygens (including phenoxy) is 1. The van der Waals surface area contributed by atoms with Gasteiger partial charge in [-0.2, -0.15) is 0 Å². The molecule has 0 fully saturated rings. The summed E-state index contributed by atoms with van der Waals surface area (Å²) in [6, 6.07) is 21.6. The third-order valence-electron chi connectivity index (χ3n) is 4.63. The van der Waals surface area contributed by atoms with Crippen LogP contribution in [0.5, 0.6) is 11.5 Å². The van der Waals surface area contributed by atoms with E-state index in [-0.39, 0.29) is 0 Å². The van der Waals surface area contributed by atoms with Gasteiger partial charge in [-0.05, 0) is 53.2 Å². The molecule has 0 saturated carbocycles. The van der Waals surface area contributed by atoms with Gasteiger partial charge < -0.3 is 15.0 Å². The molecule has 1 aliphatic heterocycles. The van der Waals surface area contributed by atoms with Crippen LogP contribution in [-0.4, -0.2) is 10.9 Å². The van der Waals surface area contributed by atoms with Crippen LogP contribution < -0.4 is 14.8 Å². The summed E-state index contributed by atoms with van der Waals surface area (Å²) in [7, 11) is 0. The molecule has 0 radical (unpaired) electrons. The number of fused-ring (bicyclic) bond motifs is 2. The van der Waals surface area contributed by atoms with Gasteiger partial charge in [-0.25, -0.2) is 4.99 Å². The topological polar surface area (TPSA) is 61.4 Å². The number of aromatic nitrogens is 1. The van der Waals surface area contributed by atoms with E-state index < -0.39 is 0 Å². The Bertz CT molecular complexity index is 1220. The van der Waals surface area contributed by atoms with Crippen molar-refractivity contribution in [3.8, 4) is 11.5 Å². The first-order valence-corrected chi connectivity index (χ1v) is 10.3.